The molecule has 0 atom stereocenters. The summed E-state index contributed by atoms with van der Waals surface area (Å²) < 4.78 is 5.14. The minimum atomic E-state index is -0.297. The second-order valence-electron chi connectivity index (χ2n) is 3.54. The summed E-state index contributed by atoms with van der Waals surface area (Å²) in [4.78, 5) is 10.8. The molecule has 1 N–H and O–H groups in total. The van der Waals surface area contributed by atoms with E-state index >= 15 is 0 Å². The molecule has 1 aliphatic carbocycles. The van der Waals surface area contributed by atoms with Crippen LogP contribution in [0.4, 0.5) is 4.79 Å². The number of alkyl carbamates (subject to hydrolysis) is 1. The maximum Gasteiger partial charge on any atom is 0.407 e. The molecule has 0 radical (unpaired) electrons. The van der Waals surface area contributed by atoms with Crippen LogP contribution in [0.1, 0.15) is 32.6 Å². The molecule has 1 rings (SSSR count). The van der Waals surface area contributed by atoms with Crippen molar-refractivity contribution in [2.24, 2.45) is 5.92 Å². The van der Waals surface area contributed by atoms with Crippen molar-refractivity contribution >= 4 is 6.09 Å². The van der Waals surface area contributed by atoms with Gasteiger partial charge >= 0.3 is 6.09 Å². The van der Waals surface area contributed by atoms with E-state index in [-0.39, 0.29) is 12.2 Å². The first-order valence-electron chi connectivity index (χ1n) is 4.60. The van der Waals surface area contributed by atoms with Crippen molar-refractivity contribution in [2.75, 3.05) is 7.05 Å². The van der Waals surface area contributed by atoms with Crippen LogP contribution in [0.3, 0.4) is 0 Å². The van der Waals surface area contributed by atoms with Crippen molar-refractivity contribution < 1.29 is 9.53 Å². The van der Waals surface area contributed by atoms with Gasteiger partial charge in [-0.15, -0.1) is 0 Å². The third-order valence-corrected chi connectivity index (χ3v) is 2.44. The molecule has 1 saturated carbocycles. The number of carbonyl (C=O) groups excluding carboxylic acids is 1. The Morgan fingerprint density at radius 1 is 1.33 bits per heavy atom. The monoisotopic (exact) mass is 171 g/mol. The summed E-state index contributed by atoms with van der Waals surface area (Å²) in [5, 5.41) is 2.46. The maximum absolute atomic E-state index is 10.8. The molecule has 0 aromatic heterocycles. The van der Waals surface area contributed by atoms with Gasteiger partial charge in [0.05, 0.1) is 0 Å². The molecule has 3 heteroatoms. The van der Waals surface area contributed by atoms with Crippen LogP contribution >= 0.6 is 0 Å². The Kier molecular flexibility index (Phi) is 3.38. The number of rotatable bonds is 1. The highest BCUT2D eigenvalue weighted by Crippen LogP contribution is 2.25. The Labute approximate surface area is 73.5 Å². The zero-order valence-electron chi connectivity index (χ0n) is 7.80. The van der Waals surface area contributed by atoms with Gasteiger partial charge in [-0.3, -0.25) is 0 Å². The fourth-order valence-electron chi connectivity index (χ4n) is 1.56. The molecule has 0 bridgehead atoms. The van der Waals surface area contributed by atoms with Gasteiger partial charge in [0, 0.05) is 7.05 Å². The standard InChI is InChI=1S/C9H17NO2/c1-7-3-5-8(6-4-7)12-9(11)10-2/h7-8H,3-6H2,1-2H3,(H,10,11)/t7-,8-. The average Bonchev–Trinajstić information content (AvgIpc) is 2.09. The molecule has 1 amide bonds. The minimum absolute atomic E-state index is 0.154. The van der Waals surface area contributed by atoms with Crippen LogP contribution in [0, 0.1) is 5.92 Å². The van der Waals surface area contributed by atoms with Crippen molar-refractivity contribution in [1.29, 1.82) is 0 Å². The predicted molar refractivity (Wildman–Crippen MR) is 47.0 cm³/mol. The fourth-order valence-corrected chi connectivity index (χ4v) is 1.56. The van der Waals surface area contributed by atoms with E-state index < -0.39 is 0 Å². The summed E-state index contributed by atoms with van der Waals surface area (Å²) >= 11 is 0. The second kappa shape index (κ2) is 4.33. The number of ether oxygens (including phenoxy) is 1. The molecule has 0 aliphatic heterocycles. The predicted octanol–water partition coefficient (Wildman–Crippen LogP) is 1.92. The SMILES string of the molecule is CNC(=O)O[C@H]1CC[C@H](C)CC1. The van der Waals surface area contributed by atoms with Gasteiger partial charge < -0.3 is 10.1 Å². The van der Waals surface area contributed by atoms with Gasteiger partial charge in [0.25, 0.3) is 0 Å². The Hall–Kier alpha value is -0.730. The van der Waals surface area contributed by atoms with Gasteiger partial charge in [-0.2, -0.15) is 0 Å². The maximum atomic E-state index is 10.8. The topological polar surface area (TPSA) is 38.3 Å². The van der Waals surface area contributed by atoms with Gasteiger partial charge in [0.15, 0.2) is 0 Å². The van der Waals surface area contributed by atoms with E-state index in [1.165, 1.54) is 12.8 Å². The number of nitrogens with one attached hydrogen (secondary N) is 1. The van der Waals surface area contributed by atoms with Gasteiger partial charge in [-0.05, 0) is 31.6 Å². The Bertz CT molecular complexity index is 151. The fraction of sp³-hybridized carbons (Fsp3) is 0.889. The van der Waals surface area contributed by atoms with Gasteiger partial charge in [0.2, 0.25) is 0 Å². The molecule has 1 aliphatic rings. The van der Waals surface area contributed by atoms with Crippen molar-refractivity contribution in [3.05, 3.63) is 0 Å². The lowest BCUT2D eigenvalue weighted by Gasteiger charge is -2.25. The average molecular weight is 171 g/mol. The molecular formula is C9H17NO2. The van der Waals surface area contributed by atoms with Crippen molar-refractivity contribution in [1.82, 2.24) is 5.32 Å². The van der Waals surface area contributed by atoms with Crippen molar-refractivity contribution in [2.45, 2.75) is 38.7 Å². The largest absolute Gasteiger partial charge is 0.446 e. The van der Waals surface area contributed by atoms with Crippen LogP contribution in [0.5, 0.6) is 0 Å². The molecule has 0 spiro atoms. The Morgan fingerprint density at radius 2 is 1.92 bits per heavy atom. The van der Waals surface area contributed by atoms with Crippen molar-refractivity contribution in [3.8, 4) is 0 Å². The third-order valence-electron chi connectivity index (χ3n) is 2.44. The lowest BCUT2D eigenvalue weighted by molar-refractivity contribution is 0.0677. The summed E-state index contributed by atoms with van der Waals surface area (Å²) in [6.07, 6.45) is 4.27. The summed E-state index contributed by atoms with van der Waals surface area (Å²) in [5.74, 6) is 0.800. The van der Waals surface area contributed by atoms with E-state index in [2.05, 4.69) is 12.2 Å². The van der Waals surface area contributed by atoms with Crippen molar-refractivity contribution in [3.63, 3.8) is 0 Å². The molecular weight excluding hydrogens is 154 g/mol. The highest BCUT2D eigenvalue weighted by molar-refractivity contribution is 5.66. The summed E-state index contributed by atoms with van der Waals surface area (Å²) in [5.41, 5.74) is 0. The first kappa shape index (κ1) is 9.36. The molecule has 0 unspecified atom stereocenters. The second-order valence-corrected chi connectivity index (χ2v) is 3.54. The molecule has 12 heavy (non-hydrogen) atoms. The van der Waals surface area contributed by atoms with Crippen LogP contribution < -0.4 is 5.32 Å². The van der Waals surface area contributed by atoms with E-state index in [4.69, 9.17) is 4.74 Å². The van der Waals surface area contributed by atoms with Crippen LogP contribution in [0.15, 0.2) is 0 Å². The lowest BCUT2D eigenvalue weighted by Crippen LogP contribution is -2.28. The first-order valence-corrected chi connectivity index (χ1v) is 4.60. The summed E-state index contributed by atoms with van der Waals surface area (Å²) in [6.45, 7) is 2.25. The zero-order chi connectivity index (χ0) is 8.97. The van der Waals surface area contributed by atoms with Crippen LogP contribution in [-0.2, 0) is 4.74 Å². The minimum Gasteiger partial charge on any atom is -0.446 e. The quantitative estimate of drug-likeness (QED) is 0.654. The zero-order valence-corrected chi connectivity index (χ0v) is 7.80. The summed E-state index contributed by atoms with van der Waals surface area (Å²) in [7, 11) is 1.59. The van der Waals surface area contributed by atoms with E-state index in [1.54, 1.807) is 7.05 Å². The van der Waals surface area contributed by atoms with Gasteiger partial charge in [-0.25, -0.2) is 4.79 Å². The van der Waals surface area contributed by atoms with Crippen LogP contribution in [0.25, 0.3) is 0 Å². The third kappa shape index (κ3) is 2.72. The lowest BCUT2D eigenvalue weighted by atomic mass is 9.89. The number of carbonyl (C=O) groups is 1. The Balaban J connectivity index is 2.21. The molecule has 0 aromatic carbocycles. The molecule has 0 heterocycles. The normalized spacial score (nSPS) is 29.5. The van der Waals surface area contributed by atoms with Crippen LogP contribution in [-0.4, -0.2) is 19.2 Å². The molecule has 70 valence electrons. The van der Waals surface area contributed by atoms with Gasteiger partial charge in [0.1, 0.15) is 6.10 Å². The van der Waals surface area contributed by atoms with E-state index in [0.717, 1.165) is 18.8 Å². The smallest absolute Gasteiger partial charge is 0.407 e. The molecule has 0 aromatic rings. The number of hydrogen-bond donors (Lipinski definition) is 1. The van der Waals surface area contributed by atoms with Crippen LogP contribution in [0.2, 0.25) is 0 Å². The number of amides is 1. The highest BCUT2D eigenvalue weighted by Gasteiger charge is 2.20. The number of hydrogen-bond acceptors (Lipinski definition) is 2. The highest BCUT2D eigenvalue weighted by atomic mass is 16.6. The summed E-state index contributed by atoms with van der Waals surface area (Å²) in [6, 6.07) is 0. The van der Waals surface area contributed by atoms with E-state index in [0.29, 0.717) is 0 Å². The van der Waals surface area contributed by atoms with E-state index in [1.807, 2.05) is 0 Å². The van der Waals surface area contributed by atoms with Gasteiger partial charge in [-0.1, -0.05) is 6.92 Å². The molecule has 0 saturated heterocycles. The molecule has 3 nitrogen and oxygen atoms in total. The molecule has 1 fully saturated rings. The first-order chi connectivity index (χ1) is 5.72. The Morgan fingerprint density at radius 3 is 2.42 bits per heavy atom. The van der Waals surface area contributed by atoms with E-state index in [9.17, 15) is 4.79 Å².